The number of rotatable bonds is 5. The molecule has 0 aliphatic carbocycles. The zero-order valence-corrected chi connectivity index (χ0v) is 10.6. The first-order chi connectivity index (χ1) is 8.19. The van der Waals surface area contributed by atoms with Gasteiger partial charge in [0.15, 0.2) is 5.13 Å². The van der Waals surface area contributed by atoms with Crippen molar-refractivity contribution in [2.24, 2.45) is 0 Å². The van der Waals surface area contributed by atoms with Crippen LogP contribution in [0.2, 0.25) is 0 Å². The molecule has 17 heavy (non-hydrogen) atoms. The van der Waals surface area contributed by atoms with Gasteiger partial charge in [-0.15, -0.1) is 0 Å². The molecule has 1 aromatic carbocycles. The molecule has 92 valence electrons. The highest BCUT2D eigenvalue weighted by Gasteiger charge is 2.07. The molecular formula is C12H17N3OS. The van der Waals surface area contributed by atoms with Crippen molar-refractivity contribution in [1.82, 2.24) is 4.98 Å². The fourth-order valence-electron chi connectivity index (χ4n) is 1.68. The van der Waals surface area contributed by atoms with Crippen LogP contribution >= 0.6 is 11.3 Å². The lowest BCUT2D eigenvalue weighted by Crippen LogP contribution is -2.15. The van der Waals surface area contributed by atoms with E-state index in [9.17, 15) is 0 Å². The Morgan fingerprint density at radius 2 is 2.35 bits per heavy atom. The van der Waals surface area contributed by atoms with Gasteiger partial charge in [-0.2, -0.15) is 0 Å². The van der Waals surface area contributed by atoms with E-state index in [1.165, 1.54) is 0 Å². The molecule has 0 aliphatic heterocycles. The monoisotopic (exact) mass is 251 g/mol. The summed E-state index contributed by atoms with van der Waals surface area (Å²) in [6.07, 6.45) is 1.75. The Hall–Kier alpha value is -1.33. The smallest absolute Gasteiger partial charge is 0.184 e. The topological polar surface area (TPSA) is 71.2 Å². The molecular weight excluding hydrogens is 234 g/mol. The minimum Gasteiger partial charge on any atom is -0.399 e. The van der Waals surface area contributed by atoms with E-state index in [0.29, 0.717) is 6.04 Å². The van der Waals surface area contributed by atoms with Crippen LogP contribution in [0.4, 0.5) is 10.8 Å². The molecule has 0 bridgehead atoms. The van der Waals surface area contributed by atoms with Crippen LogP contribution < -0.4 is 11.1 Å². The van der Waals surface area contributed by atoms with E-state index < -0.39 is 0 Å². The molecule has 0 radical (unpaired) electrons. The number of aliphatic hydroxyl groups is 1. The molecule has 0 fully saturated rings. The van der Waals surface area contributed by atoms with E-state index in [4.69, 9.17) is 10.8 Å². The number of fused-ring (bicyclic) bond motifs is 1. The van der Waals surface area contributed by atoms with Crippen molar-refractivity contribution < 1.29 is 5.11 Å². The summed E-state index contributed by atoms with van der Waals surface area (Å²) in [5, 5.41) is 13.0. The Morgan fingerprint density at radius 1 is 1.53 bits per heavy atom. The Balaban J connectivity index is 2.08. The van der Waals surface area contributed by atoms with Crippen LogP contribution in [0, 0.1) is 0 Å². The van der Waals surface area contributed by atoms with Gasteiger partial charge in [0, 0.05) is 18.3 Å². The fraction of sp³-hybridized carbons (Fsp3) is 0.417. The predicted molar refractivity (Wildman–Crippen MR) is 73.4 cm³/mol. The SMILES string of the molecule is CC(CCCO)Nc1nc2ccc(N)cc2s1. The van der Waals surface area contributed by atoms with Gasteiger partial charge in [0.05, 0.1) is 10.2 Å². The molecule has 1 heterocycles. The Morgan fingerprint density at radius 3 is 3.12 bits per heavy atom. The van der Waals surface area contributed by atoms with Crippen molar-refractivity contribution in [2.45, 2.75) is 25.8 Å². The molecule has 0 amide bonds. The number of aromatic nitrogens is 1. The minimum absolute atomic E-state index is 0.238. The van der Waals surface area contributed by atoms with Crippen LogP contribution in [0.25, 0.3) is 10.2 Å². The molecule has 0 saturated heterocycles. The zero-order valence-electron chi connectivity index (χ0n) is 9.81. The highest BCUT2D eigenvalue weighted by Crippen LogP contribution is 2.28. The van der Waals surface area contributed by atoms with E-state index in [1.54, 1.807) is 11.3 Å². The number of benzene rings is 1. The second-order valence-corrected chi connectivity index (χ2v) is 5.19. The lowest BCUT2D eigenvalue weighted by molar-refractivity contribution is 0.282. The lowest BCUT2D eigenvalue weighted by atomic mass is 10.2. The van der Waals surface area contributed by atoms with Crippen LogP contribution in [-0.4, -0.2) is 22.7 Å². The second kappa shape index (κ2) is 5.33. The highest BCUT2D eigenvalue weighted by atomic mass is 32.1. The summed E-state index contributed by atoms with van der Waals surface area (Å²) < 4.78 is 1.10. The number of aliphatic hydroxyl groups excluding tert-OH is 1. The molecule has 0 aliphatic rings. The van der Waals surface area contributed by atoms with Crippen molar-refractivity contribution in [1.29, 1.82) is 0 Å². The van der Waals surface area contributed by atoms with E-state index in [2.05, 4.69) is 17.2 Å². The van der Waals surface area contributed by atoms with Crippen molar-refractivity contribution >= 4 is 32.4 Å². The van der Waals surface area contributed by atoms with Crippen molar-refractivity contribution in [3.8, 4) is 0 Å². The lowest BCUT2D eigenvalue weighted by Gasteiger charge is -2.11. The third-order valence-electron chi connectivity index (χ3n) is 2.58. The standard InChI is InChI=1S/C12H17N3OS/c1-8(3-2-6-16)14-12-15-10-5-4-9(13)7-11(10)17-12/h4-5,7-8,16H,2-3,6,13H2,1H3,(H,14,15). The number of anilines is 2. The summed E-state index contributed by atoms with van der Waals surface area (Å²) >= 11 is 1.61. The van der Waals surface area contributed by atoms with Crippen molar-refractivity contribution in [2.75, 3.05) is 17.7 Å². The average molecular weight is 251 g/mol. The molecule has 1 aromatic heterocycles. The maximum absolute atomic E-state index is 8.77. The number of nitrogen functional groups attached to an aromatic ring is 1. The third kappa shape index (κ3) is 3.08. The molecule has 2 rings (SSSR count). The number of nitrogens with two attached hydrogens (primary N) is 1. The van der Waals surface area contributed by atoms with Gasteiger partial charge in [0.1, 0.15) is 0 Å². The molecule has 1 unspecified atom stereocenters. The molecule has 0 saturated carbocycles. The van der Waals surface area contributed by atoms with Gasteiger partial charge in [0.2, 0.25) is 0 Å². The van der Waals surface area contributed by atoms with Gasteiger partial charge >= 0.3 is 0 Å². The highest BCUT2D eigenvalue weighted by molar-refractivity contribution is 7.22. The van der Waals surface area contributed by atoms with Gasteiger partial charge in [-0.1, -0.05) is 11.3 Å². The second-order valence-electron chi connectivity index (χ2n) is 4.16. The number of thiazole rings is 1. The van der Waals surface area contributed by atoms with E-state index in [1.807, 2.05) is 18.2 Å². The van der Waals surface area contributed by atoms with Crippen LogP contribution in [-0.2, 0) is 0 Å². The van der Waals surface area contributed by atoms with Gasteiger partial charge in [-0.3, -0.25) is 0 Å². The van der Waals surface area contributed by atoms with Crippen molar-refractivity contribution in [3.05, 3.63) is 18.2 Å². The van der Waals surface area contributed by atoms with Crippen LogP contribution in [0.1, 0.15) is 19.8 Å². The van der Waals surface area contributed by atoms with Crippen LogP contribution in [0.15, 0.2) is 18.2 Å². The molecule has 4 N–H and O–H groups in total. The maximum Gasteiger partial charge on any atom is 0.184 e. The van der Waals surface area contributed by atoms with E-state index in [-0.39, 0.29) is 6.61 Å². The van der Waals surface area contributed by atoms with Gasteiger partial charge in [-0.25, -0.2) is 4.98 Å². The Labute approximate surface area is 104 Å². The molecule has 5 heteroatoms. The summed E-state index contributed by atoms with van der Waals surface area (Å²) in [6, 6.07) is 6.06. The van der Waals surface area contributed by atoms with Gasteiger partial charge in [0.25, 0.3) is 0 Å². The number of hydrogen-bond donors (Lipinski definition) is 3. The number of nitrogens with one attached hydrogen (secondary N) is 1. The first kappa shape index (κ1) is 12.1. The van der Waals surface area contributed by atoms with E-state index >= 15 is 0 Å². The van der Waals surface area contributed by atoms with Gasteiger partial charge < -0.3 is 16.2 Å². The summed E-state index contributed by atoms with van der Waals surface area (Å²) in [6.45, 7) is 2.33. The summed E-state index contributed by atoms with van der Waals surface area (Å²) in [7, 11) is 0. The average Bonchev–Trinajstić information content (AvgIpc) is 2.67. The summed E-state index contributed by atoms with van der Waals surface area (Å²) in [5.74, 6) is 0. The quantitative estimate of drug-likeness (QED) is 0.714. The fourth-order valence-corrected chi connectivity index (χ4v) is 2.71. The Bertz CT molecular complexity index is 497. The molecule has 4 nitrogen and oxygen atoms in total. The zero-order chi connectivity index (χ0) is 12.3. The van der Waals surface area contributed by atoms with Crippen molar-refractivity contribution in [3.63, 3.8) is 0 Å². The molecule has 2 aromatic rings. The summed E-state index contributed by atoms with van der Waals surface area (Å²) in [5.41, 5.74) is 7.47. The van der Waals surface area contributed by atoms with E-state index in [0.717, 1.165) is 33.9 Å². The Kier molecular flexibility index (Phi) is 3.81. The normalized spacial score (nSPS) is 12.8. The largest absolute Gasteiger partial charge is 0.399 e. The third-order valence-corrected chi connectivity index (χ3v) is 3.53. The van der Waals surface area contributed by atoms with Crippen LogP contribution in [0.3, 0.4) is 0 Å². The molecule has 1 atom stereocenters. The first-order valence-electron chi connectivity index (χ1n) is 5.72. The minimum atomic E-state index is 0.238. The predicted octanol–water partition coefficient (Wildman–Crippen LogP) is 2.45. The summed E-state index contributed by atoms with van der Waals surface area (Å²) in [4.78, 5) is 4.49. The molecule has 0 spiro atoms. The number of hydrogen-bond acceptors (Lipinski definition) is 5. The first-order valence-corrected chi connectivity index (χ1v) is 6.54. The number of nitrogens with zero attached hydrogens (tertiary/aromatic N) is 1. The van der Waals surface area contributed by atoms with Gasteiger partial charge in [-0.05, 0) is 38.0 Å². The van der Waals surface area contributed by atoms with Crippen LogP contribution in [0.5, 0.6) is 0 Å². The maximum atomic E-state index is 8.77.